The van der Waals surface area contributed by atoms with E-state index >= 15 is 0 Å². The molecule has 5 radical (unpaired) electrons. The standard InChI is InChI=1S/C10H4F17OSi2/c11-3(12,1-2-30-28-29)4(13,14)5(15,16)6(17,18)7(19,20)8(21,22)9(23,24)10(25,26)27/h1-2H2. The maximum Gasteiger partial charge on any atom is 0.460 e. The van der Waals surface area contributed by atoms with E-state index in [1.165, 1.54) is 0 Å². The minimum atomic E-state index is -8.59. The molecule has 30 heavy (non-hydrogen) atoms. The molecular formula is C10H4F17OSi2. The molecule has 0 saturated carbocycles. The van der Waals surface area contributed by atoms with Crippen LogP contribution in [0.15, 0.2) is 0 Å². The highest BCUT2D eigenvalue weighted by Gasteiger charge is 2.95. The Morgan fingerprint density at radius 3 is 1.10 bits per heavy atom. The summed E-state index contributed by atoms with van der Waals surface area (Å²) < 4.78 is 223. The highest BCUT2D eigenvalue weighted by molar-refractivity contribution is 6.34. The highest BCUT2D eigenvalue weighted by atomic mass is 28.3. The fraction of sp³-hybridized carbons (Fsp3) is 1.00. The zero-order chi connectivity index (χ0) is 24.8. The SMILES string of the molecule is FC(F)(F)C(F)(F)C(F)(F)C(F)(F)C(F)(F)C(F)(F)C(F)(F)C(F)(F)CC[Si]O[Si]. The van der Waals surface area contributed by atoms with Gasteiger partial charge in [-0.15, -0.1) is 0 Å². The van der Waals surface area contributed by atoms with Gasteiger partial charge in [0.1, 0.15) is 0 Å². The Morgan fingerprint density at radius 2 is 0.800 bits per heavy atom. The van der Waals surface area contributed by atoms with E-state index in [1.54, 1.807) is 0 Å². The van der Waals surface area contributed by atoms with Gasteiger partial charge in [-0.3, -0.25) is 0 Å². The third-order valence-corrected chi connectivity index (χ3v) is 4.43. The minimum Gasteiger partial charge on any atom is -0.458 e. The van der Waals surface area contributed by atoms with E-state index in [9.17, 15) is 74.6 Å². The molecular weight excluding hydrogens is 515 g/mol. The lowest BCUT2D eigenvalue weighted by Gasteiger charge is -2.42. The van der Waals surface area contributed by atoms with Crippen molar-refractivity contribution in [2.75, 3.05) is 0 Å². The normalized spacial score (nSPS) is 16.2. The Kier molecular flexibility index (Phi) is 7.75. The van der Waals surface area contributed by atoms with Gasteiger partial charge in [0.25, 0.3) is 0 Å². The highest BCUT2D eigenvalue weighted by Crippen LogP contribution is 2.64. The van der Waals surface area contributed by atoms with Crippen LogP contribution in [-0.2, 0) is 4.12 Å². The Bertz CT molecular complexity index is 598. The molecule has 0 rings (SSSR count). The van der Waals surface area contributed by atoms with Gasteiger partial charge in [-0.2, -0.15) is 74.6 Å². The molecule has 0 aromatic carbocycles. The lowest BCUT2D eigenvalue weighted by atomic mass is 9.88. The van der Waals surface area contributed by atoms with E-state index in [0.717, 1.165) is 0 Å². The van der Waals surface area contributed by atoms with Gasteiger partial charge >= 0.3 is 47.6 Å². The number of halogens is 17. The summed E-state index contributed by atoms with van der Waals surface area (Å²) in [6.07, 6.45) is -10.2. The van der Waals surface area contributed by atoms with Crippen LogP contribution in [0.5, 0.6) is 0 Å². The molecule has 0 fully saturated rings. The van der Waals surface area contributed by atoms with Crippen molar-refractivity contribution in [2.45, 2.75) is 60.1 Å². The van der Waals surface area contributed by atoms with Gasteiger partial charge in [-0.1, -0.05) is 0 Å². The first kappa shape index (κ1) is 29.2. The van der Waals surface area contributed by atoms with Crippen molar-refractivity contribution in [3.05, 3.63) is 0 Å². The largest absolute Gasteiger partial charge is 0.460 e. The lowest BCUT2D eigenvalue weighted by Crippen LogP contribution is -2.74. The summed E-state index contributed by atoms with van der Waals surface area (Å²) in [6, 6.07) is -1.31. The van der Waals surface area contributed by atoms with Crippen molar-refractivity contribution >= 4 is 20.2 Å². The molecule has 0 unspecified atom stereocenters. The fourth-order valence-electron chi connectivity index (χ4n) is 1.61. The summed E-state index contributed by atoms with van der Waals surface area (Å²) in [7, 11) is 0.915. The molecule has 0 aliphatic rings. The second-order valence-electron chi connectivity index (χ2n) is 5.39. The zero-order valence-corrected chi connectivity index (χ0v) is 15.2. The van der Waals surface area contributed by atoms with Crippen molar-refractivity contribution in [2.24, 2.45) is 0 Å². The van der Waals surface area contributed by atoms with E-state index in [2.05, 4.69) is 14.6 Å². The van der Waals surface area contributed by atoms with Crippen LogP contribution in [0.2, 0.25) is 6.04 Å². The van der Waals surface area contributed by atoms with Gasteiger partial charge in [0.05, 0.1) is 0 Å². The molecule has 0 amide bonds. The molecule has 0 atom stereocenters. The molecule has 0 bridgehead atoms. The summed E-state index contributed by atoms with van der Waals surface area (Å²) in [5.41, 5.74) is 0. The predicted octanol–water partition coefficient (Wildman–Crippen LogP) is 5.52. The summed E-state index contributed by atoms with van der Waals surface area (Å²) in [5.74, 6) is -56.0. The van der Waals surface area contributed by atoms with Crippen LogP contribution in [0, 0.1) is 0 Å². The van der Waals surface area contributed by atoms with Gasteiger partial charge in [-0.05, 0) is 6.04 Å². The van der Waals surface area contributed by atoms with Crippen molar-refractivity contribution in [3.63, 3.8) is 0 Å². The first-order chi connectivity index (χ1) is 12.8. The molecule has 20 heteroatoms. The van der Waals surface area contributed by atoms with Crippen LogP contribution in [0.4, 0.5) is 74.6 Å². The van der Waals surface area contributed by atoms with E-state index in [1.807, 2.05) is 0 Å². The van der Waals surface area contributed by atoms with Crippen LogP contribution in [0.3, 0.4) is 0 Å². The monoisotopic (exact) mass is 519 g/mol. The van der Waals surface area contributed by atoms with E-state index in [-0.39, 0.29) is 0 Å². The molecule has 0 N–H and O–H groups in total. The van der Waals surface area contributed by atoms with Gasteiger partial charge in [-0.25, -0.2) is 0 Å². The van der Waals surface area contributed by atoms with Crippen LogP contribution in [0.25, 0.3) is 0 Å². The topological polar surface area (TPSA) is 9.23 Å². The van der Waals surface area contributed by atoms with Crippen LogP contribution in [-0.4, -0.2) is 67.9 Å². The molecule has 0 aromatic heterocycles. The Hall–Kier alpha value is -0.796. The third-order valence-electron chi connectivity index (χ3n) is 3.40. The molecule has 0 aliphatic carbocycles. The summed E-state index contributed by atoms with van der Waals surface area (Å²) in [5, 5.41) is 0. The van der Waals surface area contributed by atoms with Gasteiger partial charge < -0.3 is 4.12 Å². The maximum absolute atomic E-state index is 13.3. The first-order valence-corrected chi connectivity index (χ1v) is 8.10. The number of hydrogen-bond donors (Lipinski definition) is 0. The summed E-state index contributed by atoms with van der Waals surface area (Å²) >= 11 is 0. The van der Waals surface area contributed by atoms with E-state index in [0.29, 0.717) is 0 Å². The van der Waals surface area contributed by atoms with Crippen molar-refractivity contribution in [1.82, 2.24) is 0 Å². The predicted molar refractivity (Wildman–Crippen MR) is 62.7 cm³/mol. The Balaban J connectivity index is 6.48. The summed E-state index contributed by atoms with van der Waals surface area (Å²) in [4.78, 5) is 0. The quantitative estimate of drug-likeness (QED) is 0.210. The molecule has 177 valence electrons. The second kappa shape index (κ2) is 7.96. The van der Waals surface area contributed by atoms with Crippen LogP contribution in [0.1, 0.15) is 6.42 Å². The van der Waals surface area contributed by atoms with E-state index < -0.39 is 69.9 Å². The first-order valence-electron chi connectivity index (χ1n) is 6.58. The maximum atomic E-state index is 13.3. The molecule has 0 spiro atoms. The number of hydrogen-bond acceptors (Lipinski definition) is 1. The number of alkyl halides is 17. The lowest BCUT2D eigenvalue weighted by molar-refractivity contribution is -0.461. The summed E-state index contributed by atoms with van der Waals surface area (Å²) in [6.45, 7) is 0. The second-order valence-corrected chi connectivity index (χ2v) is 7.00. The van der Waals surface area contributed by atoms with Gasteiger partial charge in [0.15, 0.2) is 0 Å². The minimum absolute atomic E-state index is 1.22. The van der Waals surface area contributed by atoms with E-state index in [4.69, 9.17) is 0 Å². The van der Waals surface area contributed by atoms with Crippen LogP contribution >= 0.6 is 0 Å². The zero-order valence-electron chi connectivity index (χ0n) is 13.2. The average Bonchev–Trinajstić information content (AvgIpc) is 2.52. The Labute approximate surface area is 160 Å². The van der Waals surface area contributed by atoms with Gasteiger partial charge in [0, 0.05) is 6.42 Å². The van der Waals surface area contributed by atoms with Crippen molar-refractivity contribution in [3.8, 4) is 0 Å². The third kappa shape index (κ3) is 4.02. The smallest absolute Gasteiger partial charge is 0.458 e. The molecule has 0 aromatic rings. The molecule has 1 nitrogen and oxygen atoms in total. The van der Waals surface area contributed by atoms with Crippen LogP contribution < -0.4 is 0 Å². The van der Waals surface area contributed by atoms with Gasteiger partial charge in [0.2, 0.25) is 20.2 Å². The molecule has 0 aliphatic heterocycles. The van der Waals surface area contributed by atoms with Crippen molar-refractivity contribution in [1.29, 1.82) is 0 Å². The number of rotatable bonds is 10. The average molecular weight is 519 g/mol. The Morgan fingerprint density at radius 1 is 0.500 bits per heavy atom. The molecule has 0 heterocycles. The fourth-order valence-corrected chi connectivity index (χ4v) is 2.44. The molecule has 0 saturated heterocycles. The van der Waals surface area contributed by atoms with Crippen molar-refractivity contribution < 1.29 is 78.8 Å².